The lowest BCUT2D eigenvalue weighted by Gasteiger charge is -2.46. The van der Waals surface area contributed by atoms with Crippen molar-refractivity contribution >= 4 is 6.08 Å². The average Bonchev–Trinajstić information content (AvgIpc) is 3.14. The molecule has 3 saturated heterocycles. The summed E-state index contributed by atoms with van der Waals surface area (Å²) in [6, 6.07) is 7.92. The van der Waals surface area contributed by atoms with Crippen molar-refractivity contribution in [1.29, 1.82) is 0 Å². The summed E-state index contributed by atoms with van der Waals surface area (Å²) in [5, 5.41) is 134. The van der Waals surface area contributed by atoms with Crippen LogP contribution in [0.3, 0.4) is 0 Å². The molecule has 0 spiro atoms. The van der Waals surface area contributed by atoms with Crippen molar-refractivity contribution in [3.63, 3.8) is 0 Å². The number of rotatable bonds is 10. The van der Waals surface area contributed by atoms with Crippen LogP contribution in [0.15, 0.2) is 42.2 Å². The standard InChI is InChI=1S/C33H42O20/c34-8-18-21(39)24(42)27(45)31(50-18)48-16-6-13(38)5-15-14(16)7-17(29(47-15)11-1-3-12(37)4-2-11)49-33-30(26(44)23(41)20(10-36)52-33)53-32-28(46)25(43)22(40)19(9-35)51-32/h1-7,18-46H,8-10H2/t18-,19+,20-,21+,22+,23+,24-,25-,26-,27-,28+,29?,30-,31+,32-,33+/m0/s1. The molecule has 3 fully saturated rings. The summed E-state index contributed by atoms with van der Waals surface area (Å²) < 4.78 is 40.7. The van der Waals surface area contributed by atoms with Crippen LogP contribution in [0.1, 0.15) is 17.2 Å². The molecule has 53 heavy (non-hydrogen) atoms. The minimum atomic E-state index is -1.93. The van der Waals surface area contributed by atoms with Gasteiger partial charge >= 0.3 is 0 Å². The van der Waals surface area contributed by atoms with E-state index in [1.165, 1.54) is 36.4 Å². The zero-order chi connectivity index (χ0) is 38.3. The van der Waals surface area contributed by atoms with Gasteiger partial charge in [-0.15, -0.1) is 0 Å². The molecule has 4 aliphatic rings. The van der Waals surface area contributed by atoms with Crippen LogP contribution in [0.4, 0.5) is 0 Å². The van der Waals surface area contributed by atoms with Gasteiger partial charge in [0.1, 0.15) is 95.9 Å². The Kier molecular flexibility index (Phi) is 12.0. The number of benzene rings is 2. The van der Waals surface area contributed by atoms with E-state index in [1.54, 1.807) is 0 Å². The molecule has 4 heterocycles. The maximum atomic E-state index is 11.2. The number of phenolic OH excluding ortho intramolecular Hbond substituents is 2. The Bertz CT molecular complexity index is 1570. The Labute approximate surface area is 300 Å². The number of aliphatic hydroxyl groups excluding tert-OH is 11. The van der Waals surface area contributed by atoms with Crippen molar-refractivity contribution < 1.29 is 99.5 Å². The van der Waals surface area contributed by atoms with Crippen LogP contribution in [-0.4, -0.2) is 178 Å². The number of ether oxygens (including phenoxy) is 7. The zero-order valence-corrected chi connectivity index (χ0v) is 27.6. The molecule has 6 rings (SSSR count). The van der Waals surface area contributed by atoms with Crippen molar-refractivity contribution in [2.24, 2.45) is 0 Å². The first-order valence-corrected chi connectivity index (χ1v) is 16.5. The highest BCUT2D eigenvalue weighted by atomic mass is 16.8. The van der Waals surface area contributed by atoms with Crippen molar-refractivity contribution in [2.45, 2.75) is 98.2 Å². The van der Waals surface area contributed by atoms with E-state index in [0.29, 0.717) is 5.56 Å². The third-order valence-corrected chi connectivity index (χ3v) is 9.38. The lowest BCUT2D eigenvalue weighted by Crippen LogP contribution is -2.64. The van der Waals surface area contributed by atoms with Crippen molar-refractivity contribution in [2.75, 3.05) is 19.8 Å². The van der Waals surface area contributed by atoms with Gasteiger partial charge in [-0.3, -0.25) is 0 Å². The molecule has 0 aromatic heterocycles. The van der Waals surface area contributed by atoms with Gasteiger partial charge < -0.3 is 99.5 Å². The molecule has 20 nitrogen and oxygen atoms in total. The molecular weight excluding hydrogens is 716 g/mol. The average molecular weight is 759 g/mol. The van der Waals surface area contributed by atoms with Gasteiger partial charge in [-0.2, -0.15) is 0 Å². The first-order chi connectivity index (χ1) is 25.3. The van der Waals surface area contributed by atoms with E-state index in [0.717, 1.165) is 6.07 Å². The van der Waals surface area contributed by atoms with Crippen LogP contribution in [-0.2, 0) is 23.7 Å². The van der Waals surface area contributed by atoms with Crippen LogP contribution in [0.5, 0.6) is 23.0 Å². The van der Waals surface area contributed by atoms with E-state index >= 15 is 0 Å². The summed E-state index contributed by atoms with van der Waals surface area (Å²) in [6.07, 6.45) is -25.7. The van der Waals surface area contributed by atoms with Crippen molar-refractivity contribution in [3.05, 3.63) is 53.3 Å². The van der Waals surface area contributed by atoms with Crippen LogP contribution in [0.25, 0.3) is 6.08 Å². The monoisotopic (exact) mass is 758 g/mol. The molecule has 0 amide bonds. The van der Waals surface area contributed by atoms with E-state index in [2.05, 4.69) is 0 Å². The highest BCUT2D eigenvalue weighted by Crippen LogP contribution is 2.46. The van der Waals surface area contributed by atoms with Gasteiger partial charge in [-0.25, -0.2) is 0 Å². The molecule has 0 bridgehead atoms. The minimum Gasteiger partial charge on any atom is -0.508 e. The largest absolute Gasteiger partial charge is 0.508 e. The van der Waals surface area contributed by atoms with Crippen LogP contribution in [0.2, 0.25) is 0 Å². The maximum Gasteiger partial charge on any atom is 0.229 e. The lowest BCUT2D eigenvalue weighted by atomic mass is 9.97. The Balaban J connectivity index is 1.38. The predicted octanol–water partition coefficient (Wildman–Crippen LogP) is -4.61. The third kappa shape index (κ3) is 7.76. The molecule has 20 heteroatoms. The molecule has 2 aromatic rings. The van der Waals surface area contributed by atoms with E-state index in [9.17, 15) is 66.4 Å². The normalized spacial score (nSPS) is 40.1. The molecule has 1 unspecified atom stereocenters. The lowest BCUT2D eigenvalue weighted by molar-refractivity contribution is -0.364. The van der Waals surface area contributed by atoms with Gasteiger partial charge in [0.25, 0.3) is 0 Å². The molecule has 13 N–H and O–H groups in total. The SMILES string of the molecule is OC[C@@H]1O[C@@H](Oc2cc(O)cc3c2C=C(O[C@@H]2O[C@@H](CO)[C@@H](O)[C@H](O)[C@@H]2O[C@@H]2O[C@H](CO)[C@@H](O)[C@H](O)[C@H]2O)C(c2ccc(O)cc2)O3)[C@@H](O)[C@@H](O)[C@@H]1O. The van der Waals surface area contributed by atoms with E-state index in [-0.39, 0.29) is 28.6 Å². The number of hydrogen-bond acceptors (Lipinski definition) is 20. The summed E-state index contributed by atoms with van der Waals surface area (Å²) in [4.78, 5) is 0. The number of phenols is 2. The third-order valence-electron chi connectivity index (χ3n) is 9.38. The Morgan fingerprint density at radius 2 is 1.08 bits per heavy atom. The summed E-state index contributed by atoms with van der Waals surface area (Å²) >= 11 is 0. The molecule has 0 aliphatic carbocycles. The first-order valence-electron chi connectivity index (χ1n) is 16.5. The number of aliphatic hydroxyl groups is 11. The fourth-order valence-corrected chi connectivity index (χ4v) is 6.36. The van der Waals surface area contributed by atoms with Crippen LogP contribution >= 0.6 is 0 Å². The fourth-order valence-electron chi connectivity index (χ4n) is 6.36. The smallest absolute Gasteiger partial charge is 0.229 e. The quantitative estimate of drug-likeness (QED) is 0.108. The van der Waals surface area contributed by atoms with E-state index in [4.69, 9.17) is 33.2 Å². The molecule has 16 atom stereocenters. The summed E-state index contributed by atoms with van der Waals surface area (Å²) in [7, 11) is 0. The molecule has 0 saturated carbocycles. The van der Waals surface area contributed by atoms with Gasteiger partial charge in [-0.05, 0) is 18.2 Å². The van der Waals surface area contributed by atoms with Crippen LogP contribution < -0.4 is 9.47 Å². The fraction of sp³-hybridized carbons (Fsp3) is 0.576. The Morgan fingerprint density at radius 1 is 0.547 bits per heavy atom. The number of aromatic hydroxyl groups is 2. The highest BCUT2D eigenvalue weighted by molar-refractivity contribution is 5.70. The van der Waals surface area contributed by atoms with Gasteiger partial charge in [-0.1, -0.05) is 12.1 Å². The number of hydrogen-bond donors (Lipinski definition) is 13. The van der Waals surface area contributed by atoms with Crippen LogP contribution in [0, 0.1) is 0 Å². The van der Waals surface area contributed by atoms with Gasteiger partial charge in [0.05, 0.1) is 25.4 Å². The second-order valence-corrected chi connectivity index (χ2v) is 12.9. The van der Waals surface area contributed by atoms with Gasteiger partial charge in [0.15, 0.2) is 18.5 Å². The van der Waals surface area contributed by atoms with Gasteiger partial charge in [0.2, 0.25) is 12.6 Å². The highest BCUT2D eigenvalue weighted by Gasteiger charge is 2.52. The second-order valence-electron chi connectivity index (χ2n) is 12.9. The van der Waals surface area contributed by atoms with Crippen molar-refractivity contribution in [3.8, 4) is 23.0 Å². The predicted molar refractivity (Wildman–Crippen MR) is 169 cm³/mol. The summed E-state index contributed by atoms with van der Waals surface area (Å²) in [5.41, 5.74) is 0.382. The molecule has 294 valence electrons. The molecular formula is C33H42O20. The van der Waals surface area contributed by atoms with Gasteiger partial charge in [0, 0.05) is 17.7 Å². The zero-order valence-electron chi connectivity index (χ0n) is 27.6. The summed E-state index contributed by atoms with van der Waals surface area (Å²) in [5.74, 6) is -0.901. The first kappa shape index (κ1) is 39.3. The summed E-state index contributed by atoms with van der Waals surface area (Å²) in [6.45, 7) is -2.37. The number of fused-ring (bicyclic) bond motifs is 1. The second kappa shape index (κ2) is 16.1. The molecule has 0 radical (unpaired) electrons. The van der Waals surface area contributed by atoms with E-state index in [1.807, 2.05) is 0 Å². The Hall–Kier alpha value is -3.42. The Morgan fingerprint density at radius 3 is 1.66 bits per heavy atom. The maximum absolute atomic E-state index is 11.2. The molecule has 2 aromatic carbocycles. The topological polar surface area (TPSA) is 328 Å². The van der Waals surface area contributed by atoms with E-state index < -0.39 is 124 Å². The minimum absolute atomic E-state index is 0.0302. The van der Waals surface area contributed by atoms with Crippen molar-refractivity contribution in [1.82, 2.24) is 0 Å². The molecule has 4 aliphatic heterocycles.